The molecule has 1 fully saturated rings. The van der Waals surface area contributed by atoms with Crippen LogP contribution in [-0.2, 0) is 9.84 Å². The first kappa shape index (κ1) is 9.95. The van der Waals surface area contributed by atoms with E-state index in [2.05, 4.69) is 4.90 Å². The fraction of sp³-hybridized carbons (Fsp3) is 1.00. The van der Waals surface area contributed by atoms with E-state index < -0.39 is 9.84 Å². The summed E-state index contributed by atoms with van der Waals surface area (Å²) >= 11 is 0. The van der Waals surface area contributed by atoms with Gasteiger partial charge in [0.1, 0.15) is 9.84 Å². The van der Waals surface area contributed by atoms with Crippen LogP contribution >= 0.6 is 0 Å². The second kappa shape index (κ2) is 2.97. The summed E-state index contributed by atoms with van der Waals surface area (Å²) in [5.41, 5.74) is 5.66. The second-order valence-electron chi connectivity index (χ2n) is 3.99. The maximum absolute atomic E-state index is 10.8. The molecule has 0 radical (unpaired) electrons. The third kappa shape index (κ3) is 3.08. The predicted octanol–water partition coefficient (Wildman–Crippen LogP) is -0.936. The molecule has 0 atom stereocenters. The van der Waals surface area contributed by atoms with Gasteiger partial charge in [0.15, 0.2) is 0 Å². The first-order chi connectivity index (χ1) is 5.29. The van der Waals surface area contributed by atoms with E-state index in [1.54, 1.807) is 0 Å². The Morgan fingerprint density at radius 3 is 2.33 bits per heavy atom. The summed E-state index contributed by atoms with van der Waals surface area (Å²) < 4.78 is 21.6. The van der Waals surface area contributed by atoms with E-state index in [4.69, 9.17) is 5.73 Å². The van der Waals surface area contributed by atoms with E-state index in [1.807, 2.05) is 6.92 Å². The molecule has 72 valence electrons. The average Bonchev–Trinajstić information content (AvgIpc) is 1.76. The zero-order chi connectivity index (χ0) is 9.41. The van der Waals surface area contributed by atoms with Crippen molar-refractivity contribution in [3.63, 3.8) is 0 Å². The van der Waals surface area contributed by atoms with Crippen molar-refractivity contribution in [2.75, 3.05) is 31.6 Å². The highest BCUT2D eigenvalue weighted by Crippen LogP contribution is 2.16. The van der Waals surface area contributed by atoms with Gasteiger partial charge in [0.2, 0.25) is 0 Å². The molecule has 1 saturated heterocycles. The van der Waals surface area contributed by atoms with Gasteiger partial charge < -0.3 is 5.73 Å². The maximum atomic E-state index is 10.8. The molecule has 0 unspecified atom stereocenters. The molecule has 0 bridgehead atoms. The van der Waals surface area contributed by atoms with E-state index in [1.165, 1.54) is 6.26 Å². The monoisotopic (exact) mass is 192 g/mol. The van der Waals surface area contributed by atoms with Crippen molar-refractivity contribution in [2.24, 2.45) is 5.73 Å². The average molecular weight is 192 g/mol. The van der Waals surface area contributed by atoms with Crippen LogP contribution in [-0.4, -0.2) is 50.5 Å². The van der Waals surface area contributed by atoms with Gasteiger partial charge in [-0.1, -0.05) is 0 Å². The molecule has 1 rings (SSSR count). The first-order valence-corrected chi connectivity index (χ1v) is 6.04. The number of nitrogens with zero attached hydrogens (tertiary/aromatic N) is 1. The molecule has 12 heavy (non-hydrogen) atoms. The predicted molar refractivity (Wildman–Crippen MR) is 48.7 cm³/mol. The molecule has 5 heteroatoms. The lowest BCUT2D eigenvalue weighted by atomic mass is 9.94. The zero-order valence-electron chi connectivity index (χ0n) is 7.58. The van der Waals surface area contributed by atoms with Crippen LogP contribution in [0.4, 0.5) is 0 Å². The Morgan fingerprint density at radius 2 is 2.00 bits per heavy atom. The molecule has 4 nitrogen and oxygen atoms in total. The summed E-state index contributed by atoms with van der Waals surface area (Å²) in [6.07, 6.45) is 1.26. The summed E-state index contributed by atoms with van der Waals surface area (Å²) in [7, 11) is -2.82. The molecule has 1 aliphatic heterocycles. The normalized spacial score (nSPS) is 23.6. The number of likely N-dealkylation sites (tertiary alicyclic amines) is 1. The van der Waals surface area contributed by atoms with Crippen LogP contribution in [0.1, 0.15) is 6.92 Å². The Bertz CT molecular complexity index is 251. The van der Waals surface area contributed by atoms with Gasteiger partial charge in [0.25, 0.3) is 0 Å². The lowest BCUT2D eigenvalue weighted by Crippen LogP contribution is -2.65. The zero-order valence-corrected chi connectivity index (χ0v) is 8.39. The van der Waals surface area contributed by atoms with Gasteiger partial charge in [-0.05, 0) is 6.92 Å². The minimum absolute atomic E-state index is 0.0997. The van der Waals surface area contributed by atoms with Crippen molar-refractivity contribution >= 4 is 9.84 Å². The largest absolute Gasteiger partial charge is 0.323 e. The minimum Gasteiger partial charge on any atom is -0.323 e. The highest BCUT2D eigenvalue weighted by molar-refractivity contribution is 7.90. The summed E-state index contributed by atoms with van der Waals surface area (Å²) in [6.45, 7) is 4.21. The summed E-state index contributed by atoms with van der Waals surface area (Å²) in [4.78, 5) is 2.06. The van der Waals surface area contributed by atoms with Gasteiger partial charge in [0, 0.05) is 31.4 Å². The molecule has 0 spiro atoms. The smallest absolute Gasteiger partial charge is 0.148 e. The van der Waals surface area contributed by atoms with Crippen LogP contribution in [0.5, 0.6) is 0 Å². The van der Waals surface area contributed by atoms with Gasteiger partial charge >= 0.3 is 0 Å². The number of sulfone groups is 1. The second-order valence-corrected chi connectivity index (χ2v) is 6.25. The van der Waals surface area contributed by atoms with Crippen molar-refractivity contribution in [3.8, 4) is 0 Å². The molecule has 1 heterocycles. The standard InChI is InChI=1S/C7H16N2O2S/c1-7(8)5-9(6-7)3-4-12(2,10)11/h3-6,8H2,1-2H3. The highest BCUT2D eigenvalue weighted by atomic mass is 32.2. The van der Waals surface area contributed by atoms with Crippen LogP contribution in [0.25, 0.3) is 0 Å². The number of hydrogen-bond donors (Lipinski definition) is 1. The summed E-state index contributed by atoms with van der Waals surface area (Å²) in [5.74, 6) is 0.239. The van der Waals surface area contributed by atoms with Crippen molar-refractivity contribution in [1.29, 1.82) is 0 Å². The molecule has 0 aromatic heterocycles. The first-order valence-electron chi connectivity index (χ1n) is 3.97. The SMILES string of the molecule is CC1(N)CN(CCS(C)(=O)=O)C1. The number of hydrogen-bond acceptors (Lipinski definition) is 4. The Morgan fingerprint density at radius 1 is 1.50 bits per heavy atom. The molecule has 0 aromatic carbocycles. The number of rotatable bonds is 3. The van der Waals surface area contributed by atoms with Crippen molar-refractivity contribution in [1.82, 2.24) is 4.90 Å². The van der Waals surface area contributed by atoms with Crippen LogP contribution in [0.15, 0.2) is 0 Å². The van der Waals surface area contributed by atoms with Gasteiger partial charge in [0.05, 0.1) is 5.75 Å². The summed E-state index contributed by atoms with van der Waals surface area (Å²) in [5, 5.41) is 0. The van der Waals surface area contributed by atoms with Gasteiger partial charge in [-0.25, -0.2) is 8.42 Å². The molecule has 1 aliphatic rings. The molecular formula is C7H16N2O2S. The summed E-state index contributed by atoms with van der Waals surface area (Å²) in [6, 6.07) is 0. The molecular weight excluding hydrogens is 176 g/mol. The topological polar surface area (TPSA) is 63.4 Å². The van der Waals surface area contributed by atoms with E-state index in [0.717, 1.165) is 13.1 Å². The Kier molecular flexibility index (Phi) is 2.47. The van der Waals surface area contributed by atoms with E-state index in [0.29, 0.717) is 6.54 Å². The maximum Gasteiger partial charge on any atom is 0.148 e. The lowest BCUT2D eigenvalue weighted by Gasteiger charge is -2.45. The molecule has 0 saturated carbocycles. The third-order valence-corrected chi connectivity index (χ3v) is 2.87. The number of nitrogens with two attached hydrogens (primary N) is 1. The molecule has 0 amide bonds. The highest BCUT2D eigenvalue weighted by Gasteiger charge is 2.34. The minimum atomic E-state index is -2.82. The van der Waals surface area contributed by atoms with Crippen LogP contribution in [0.3, 0.4) is 0 Å². The van der Waals surface area contributed by atoms with Crippen molar-refractivity contribution in [2.45, 2.75) is 12.5 Å². The Hall–Kier alpha value is -0.130. The molecule has 0 aromatic rings. The van der Waals surface area contributed by atoms with Crippen molar-refractivity contribution < 1.29 is 8.42 Å². The fourth-order valence-electron chi connectivity index (χ4n) is 1.43. The van der Waals surface area contributed by atoms with E-state index >= 15 is 0 Å². The van der Waals surface area contributed by atoms with Crippen LogP contribution < -0.4 is 5.73 Å². The van der Waals surface area contributed by atoms with Gasteiger partial charge in [-0.3, -0.25) is 4.90 Å². The molecule has 0 aliphatic carbocycles. The van der Waals surface area contributed by atoms with Gasteiger partial charge in [-0.2, -0.15) is 0 Å². The van der Waals surface area contributed by atoms with Crippen LogP contribution in [0, 0.1) is 0 Å². The Balaban J connectivity index is 2.21. The lowest BCUT2D eigenvalue weighted by molar-refractivity contribution is 0.0913. The van der Waals surface area contributed by atoms with E-state index in [9.17, 15) is 8.42 Å². The fourth-order valence-corrected chi connectivity index (χ4v) is 2.02. The quantitative estimate of drug-likeness (QED) is 0.627. The molecule has 2 N–H and O–H groups in total. The van der Waals surface area contributed by atoms with E-state index in [-0.39, 0.29) is 11.3 Å². The van der Waals surface area contributed by atoms with Gasteiger partial charge in [-0.15, -0.1) is 0 Å². The Labute approximate surface area is 73.6 Å². The van der Waals surface area contributed by atoms with Crippen LogP contribution in [0.2, 0.25) is 0 Å². The third-order valence-electron chi connectivity index (χ3n) is 1.95. The van der Waals surface area contributed by atoms with Crippen molar-refractivity contribution in [3.05, 3.63) is 0 Å².